The Balaban J connectivity index is 1.59. The number of primary amides is 1. The molecule has 0 unspecified atom stereocenters. The van der Waals surface area contributed by atoms with Gasteiger partial charge in [-0.25, -0.2) is 4.39 Å². The number of hydrogen-bond donors (Lipinski definition) is 3. The van der Waals surface area contributed by atoms with Crippen molar-refractivity contribution >= 4 is 28.2 Å². The number of likely N-dealkylation sites (tertiary alicyclic amines) is 1. The Kier molecular flexibility index (Phi) is 9.10. The summed E-state index contributed by atoms with van der Waals surface area (Å²) in [7, 11) is 1.46. The molecule has 0 saturated carbocycles. The summed E-state index contributed by atoms with van der Waals surface area (Å²) in [6.45, 7) is 3.77. The van der Waals surface area contributed by atoms with Crippen molar-refractivity contribution in [1.82, 2.24) is 9.47 Å². The lowest BCUT2D eigenvalue weighted by Crippen LogP contribution is -2.47. The molecule has 214 valence electrons. The molecule has 0 radical (unpaired) electrons. The molecule has 2 atom stereocenters. The predicted octanol–water partition coefficient (Wildman–Crippen LogP) is 5.01. The van der Waals surface area contributed by atoms with Gasteiger partial charge in [-0.1, -0.05) is 18.9 Å². The maximum atomic E-state index is 14.9. The lowest BCUT2D eigenvalue weighted by Gasteiger charge is -2.35. The van der Waals surface area contributed by atoms with E-state index in [4.69, 9.17) is 10.5 Å². The summed E-state index contributed by atoms with van der Waals surface area (Å²) in [5, 5.41) is 7.08. The Hall–Kier alpha value is -3.91. The van der Waals surface area contributed by atoms with Crippen molar-refractivity contribution in [3.05, 3.63) is 53.7 Å². The number of carbonyl (C=O) groups excluding carboxylic acids is 1. The van der Waals surface area contributed by atoms with Crippen molar-refractivity contribution in [3.8, 4) is 17.6 Å². The minimum Gasteiger partial charge on any atom is -0.495 e. The van der Waals surface area contributed by atoms with E-state index in [0.29, 0.717) is 52.3 Å². The first-order chi connectivity index (χ1) is 19.1. The standard InChI is InChI=1S/C29H33F4N5O2/c1-3-37-14-11-24(22(30)18-37)36-23-7-4-8-26-21(23)17-20(38(26)15-12-29(31,32)33)6-5-13-35-25-10-9-19(28(34)39)16-27(25)40-2/h4,7-10,16-17,22,24,35-36H,3,11-15,18H2,1-2H3,(H2,34,39)/t22-,24+/m0/s1. The van der Waals surface area contributed by atoms with Crippen LogP contribution in [0.1, 0.15) is 35.8 Å². The zero-order valence-electron chi connectivity index (χ0n) is 22.4. The number of nitrogens with zero attached hydrogens (tertiary/aromatic N) is 2. The predicted molar refractivity (Wildman–Crippen MR) is 149 cm³/mol. The van der Waals surface area contributed by atoms with Gasteiger partial charge in [-0.2, -0.15) is 13.2 Å². The molecule has 1 aromatic heterocycles. The number of alkyl halides is 4. The third-order valence-corrected chi connectivity index (χ3v) is 7.05. The fraction of sp³-hybridized carbons (Fsp3) is 0.414. The van der Waals surface area contributed by atoms with Crippen LogP contribution < -0.4 is 21.1 Å². The number of benzene rings is 2. The first-order valence-electron chi connectivity index (χ1n) is 13.1. The van der Waals surface area contributed by atoms with Gasteiger partial charge >= 0.3 is 6.18 Å². The molecule has 1 aliphatic heterocycles. The third kappa shape index (κ3) is 6.99. The van der Waals surface area contributed by atoms with Gasteiger partial charge in [0.05, 0.1) is 43.0 Å². The molecule has 3 aromatic rings. The summed E-state index contributed by atoms with van der Waals surface area (Å²) < 4.78 is 61.2. The van der Waals surface area contributed by atoms with Crippen LogP contribution in [0.4, 0.5) is 28.9 Å². The number of amides is 1. The summed E-state index contributed by atoms with van der Waals surface area (Å²) >= 11 is 0. The number of anilines is 2. The number of halogens is 4. The Morgan fingerprint density at radius 2 is 2.00 bits per heavy atom. The van der Waals surface area contributed by atoms with E-state index in [9.17, 15) is 22.4 Å². The van der Waals surface area contributed by atoms with Gasteiger partial charge in [-0.3, -0.25) is 4.79 Å². The van der Waals surface area contributed by atoms with Crippen LogP contribution in [-0.4, -0.2) is 67.1 Å². The van der Waals surface area contributed by atoms with Crippen molar-refractivity contribution in [2.24, 2.45) is 5.73 Å². The highest BCUT2D eigenvalue weighted by Gasteiger charge is 2.30. The van der Waals surface area contributed by atoms with Crippen LogP contribution >= 0.6 is 0 Å². The number of methoxy groups -OCH3 is 1. The topological polar surface area (TPSA) is 84.5 Å². The average Bonchev–Trinajstić information content (AvgIpc) is 3.28. The molecular formula is C29H33F4N5O2. The molecule has 1 saturated heterocycles. The zero-order valence-corrected chi connectivity index (χ0v) is 22.4. The van der Waals surface area contributed by atoms with Crippen LogP contribution in [0, 0.1) is 11.8 Å². The number of nitrogens with one attached hydrogen (secondary N) is 2. The summed E-state index contributed by atoms with van der Waals surface area (Å²) in [6, 6.07) is 11.4. The van der Waals surface area contributed by atoms with E-state index < -0.39 is 24.7 Å². The molecule has 11 heteroatoms. The van der Waals surface area contributed by atoms with Gasteiger partial charge in [0.1, 0.15) is 11.9 Å². The van der Waals surface area contributed by atoms with Crippen molar-refractivity contribution in [2.75, 3.05) is 43.9 Å². The highest BCUT2D eigenvalue weighted by Crippen LogP contribution is 2.31. The molecule has 0 aliphatic carbocycles. The van der Waals surface area contributed by atoms with Crippen molar-refractivity contribution < 1.29 is 27.1 Å². The van der Waals surface area contributed by atoms with Crippen molar-refractivity contribution in [3.63, 3.8) is 0 Å². The SMILES string of the molecule is CCN1CC[C@@H](Nc2cccc3c2cc(C#CCNc2ccc(C(N)=O)cc2OC)n3CCC(F)(F)F)[C@@H](F)C1. The second-order valence-electron chi connectivity index (χ2n) is 9.67. The van der Waals surface area contributed by atoms with Gasteiger partial charge < -0.3 is 30.6 Å². The maximum Gasteiger partial charge on any atom is 0.390 e. The van der Waals surface area contributed by atoms with E-state index in [1.54, 1.807) is 34.9 Å². The first kappa shape index (κ1) is 29.1. The number of ether oxygens (including phenoxy) is 1. The van der Waals surface area contributed by atoms with Gasteiger partial charge in [-0.15, -0.1) is 0 Å². The zero-order chi connectivity index (χ0) is 28.9. The lowest BCUT2D eigenvalue weighted by molar-refractivity contribution is -0.136. The third-order valence-electron chi connectivity index (χ3n) is 7.05. The van der Waals surface area contributed by atoms with E-state index in [-0.39, 0.29) is 19.1 Å². The van der Waals surface area contributed by atoms with E-state index in [1.807, 2.05) is 13.0 Å². The van der Waals surface area contributed by atoms with E-state index in [0.717, 1.165) is 13.1 Å². The molecule has 1 amide bonds. The number of hydrogen-bond acceptors (Lipinski definition) is 5. The minimum absolute atomic E-state index is 0.164. The average molecular weight is 560 g/mol. The largest absolute Gasteiger partial charge is 0.495 e. The Labute approximate surface area is 230 Å². The number of rotatable bonds is 9. The van der Waals surface area contributed by atoms with Crippen molar-refractivity contribution in [1.29, 1.82) is 0 Å². The first-order valence-corrected chi connectivity index (χ1v) is 13.1. The molecule has 4 rings (SSSR count). The second kappa shape index (κ2) is 12.5. The van der Waals surface area contributed by atoms with Crippen molar-refractivity contribution in [2.45, 2.75) is 44.7 Å². The molecule has 1 aliphatic rings. The van der Waals surface area contributed by atoms with Gasteiger partial charge in [0.15, 0.2) is 0 Å². The molecule has 2 aromatic carbocycles. The van der Waals surface area contributed by atoms with Gasteiger partial charge in [0.2, 0.25) is 5.91 Å². The van der Waals surface area contributed by atoms with Gasteiger partial charge in [0, 0.05) is 36.3 Å². The maximum absolute atomic E-state index is 14.9. The van der Waals surface area contributed by atoms with Gasteiger partial charge in [-0.05, 0) is 55.3 Å². The number of piperidine rings is 1. The molecule has 0 spiro atoms. The molecular weight excluding hydrogens is 526 g/mol. The van der Waals surface area contributed by atoms with Crippen LogP contribution in [0.3, 0.4) is 0 Å². The number of aromatic nitrogens is 1. The van der Waals surface area contributed by atoms with Gasteiger partial charge in [0.25, 0.3) is 0 Å². The van der Waals surface area contributed by atoms with E-state index in [1.165, 1.54) is 13.2 Å². The fourth-order valence-electron chi connectivity index (χ4n) is 4.88. The van der Waals surface area contributed by atoms with Crippen LogP contribution in [0.25, 0.3) is 10.9 Å². The number of nitrogens with two attached hydrogens (primary N) is 1. The molecule has 4 N–H and O–H groups in total. The van der Waals surface area contributed by atoms with Crippen LogP contribution in [0.2, 0.25) is 0 Å². The number of aryl methyl sites for hydroxylation is 1. The monoisotopic (exact) mass is 559 g/mol. The smallest absolute Gasteiger partial charge is 0.390 e. The molecule has 1 fully saturated rings. The summed E-state index contributed by atoms with van der Waals surface area (Å²) in [4.78, 5) is 13.5. The van der Waals surface area contributed by atoms with Crippen LogP contribution in [-0.2, 0) is 6.54 Å². The summed E-state index contributed by atoms with van der Waals surface area (Å²) in [6.07, 6.45) is -5.77. The quantitative estimate of drug-likeness (QED) is 0.254. The van der Waals surface area contributed by atoms with E-state index in [2.05, 4.69) is 27.4 Å². The fourth-order valence-corrected chi connectivity index (χ4v) is 4.88. The summed E-state index contributed by atoms with van der Waals surface area (Å²) in [5.74, 6) is 5.77. The minimum atomic E-state index is -4.33. The molecule has 7 nitrogen and oxygen atoms in total. The van der Waals surface area contributed by atoms with Crippen LogP contribution in [0.15, 0.2) is 42.5 Å². The van der Waals surface area contributed by atoms with Crippen LogP contribution in [0.5, 0.6) is 5.75 Å². The second-order valence-corrected chi connectivity index (χ2v) is 9.67. The number of carbonyl (C=O) groups is 1. The van der Waals surface area contributed by atoms with E-state index >= 15 is 0 Å². The lowest BCUT2D eigenvalue weighted by atomic mass is 10.0. The highest BCUT2D eigenvalue weighted by atomic mass is 19.4. The number of fused-ring (bicyclic) bond motifs is 1. The summed E-state index contributed by atoms with van der Waals surface area (Å²) in [5.41, 5.74) is 7.88. The Morgan fingerprint density at radius 1 is 1.20 bits per heavy atom. The molecule has 0 bridgehead atoms. The normalized spacial score (nSPS) is 17.8. The Bertz CT molecular complexity index is 1410. The Morgan fingerprint density at radius 3 is 2.67 bits per heavy atom. The molecule has 2 heterocycles. The highest BCUT2D eigenvalue weighted by molar-refractivity contribution is 5.94. The molecule has 40 heavy (non-hydrogen) atoms.